The summed E-state index contributed by atoms with van der Waals surface area (Å²) in [5.41, 5.74) is 7.75. The largest absolute Gasteiger partial charge is 0.364 e. The topological polar surface area (TPSA) is 108 Å². The van der Waals surface area contributed by atoms with Crippen LogP contribution < -0.4 is 5.73 Å². The van der Waals surface area contributed by atoms with Gasteiger partial charge in [-0.1, -0.05) is 6.07 Å². The fraction of sp³-hybridized carbons (Fsp3) is 0.0909. The van der Waals surface area contributed by atoms with E-state index in [1.165, 1.54) is 0 Å². The second kappa shape index (κ2) is 4.06. The summed E-state index contributed by atoms with van der Waals surface area (Å²) >= 11 is 0. The summed E-state index contributed by atoms with van der Waals surface area (Å²) in [7, 11) is 0. The minimum absolute atomic E-state index is 0.0918. The molecule has 6 heteroatoms. The first-order chi connectivity index (χ1) is 8.13. The molecule has 0 aliphatic heterocycles. The highest BCUT2D eigenvalue weighted by molar-refractivity contribution is 5.96. The summed E-state index contributed by atoms with van der Waals surface area (Å²) in [6, 6.07) is 7.21. The van der Waals surface area contributed by atoms with E-state index in [0.717, 1.165) is 5.56 Å². The van der Waals surface area contributed by atoms with E-state index in [0.29, 0.717) is 16.8 Å². The van der Waals surface area contributed by atoms with Crippen molar-refractivity contribution >= 4 is 5.91 Å². The lowest BCUT2D eigenvalue weighted by Gasteiger charge is -2.01. The minimum atomic E-state index is -0.643. The zero-order valence-corrected chi connectivity index (χ0v) is 9.06. The number of nitrogens with one attached hydrogen (secondary N) is 1. The van der Waals surface area contributed by atoms with Crippen LogP contribution in [-0.4, -0.2) is 21.3 Å². The van der Waals surface area contributed by atoms with E-state index >= 15 is 0 Å². The van der Waals surface area contributed by atoms with Gasteiger partial charge in [-0.25, -0.2) is 0 Å². The molecule has 1 heterocycles. The molecule has 0 saturated carbocycles. The number of nitriles is 1. The van der Waals surface area contributed by atoms with Gasteiger partial charge in [0.25, 0.3) is 5.91 Å². The van der Waals surface area contributed by atoms with Gasteiger partial charge in [0, 0.05) is 5.56 Å². The molecule has 0 radical (unpaired) electrons. The molecule has 2 rings (SSSR count). The number of benzene rings is 1. The number of aromatic amines is 1. The van der Waals surface area contributed by atoms with E-state index in [1.54, 1.807) is 18.2 Å². The van der Waals surface area contributed by atoms with E-state index in [2.05, 4.69) is 21.5 Å². The van der Waals surface area contributed by atoms with E-state index in [-0.39, 0.29) is 5.69 Å². The number of aromatic nitrogens is 3. The van der Waals surface area contributed by atoms with Gasteiger partial charge >= 0.3 is 0 Å². The van der Waals surface area contributed by atoms with Crippen LogP contribution in [0.5, 0.6) is 0 Å². The highest BCUT2D eigenvalue weighted by Gasteiger charge is 2.15. The molecule has 0 fully saturated rings. The predicted octanol–water partition coefficient (Wildman–Crippen LogP) is 0.751. The standard InChI is InChI=1S/C11H9N5O/c1-6-4-7(2-3-8(6)5-12)9-10(11(13)17)15-16-14-9/h2-4H,1H3,(H2,13,17)(H,14,15,16). The average molecular weight is 227 g/mol. The lowest BCUT2D eigenvalue weighted by atomic mass is 10.0. The third-order valence-corrected chi connectivity index (χ3v) is 2.40. The Morgan fingerprint density at radius 1 is 1.47 bits per heavy atom. The van der Waals surface area contributed by atoms with Crippen molar-refractivity contribution in [2.45, 2.75) is 6.92 Å². The zero-order chi connectivity index (χ0) is 12.4. The van der Waals surface area contributed by atoms with Crippen molar-refractivity contribution < 1.29 is 4.79 Å². The Labute approximate surface area is 97.1 Å². The van der Waals surface area contributed by atoms with Gasteiger partial charge < -0.3 is 5.73 Å². The van der Waals surface area contributed by atoms with Crippen LogP contribution >= 0.6 is 0 Å². The number of carbonyl (C=O) groups is 1. The maximum absolute atomic E-state index is 11.1. The van der Waals surface area contributed by atoms with Gasteiger partial charge in [-0.2, -0.15) is 20.7 Å². The molecule has 2 aromatic rings. The fourth-order valence-electron chi connectivity index (χ4n) is 1.54. The SMILES string of the molecule is Cc1cc(-c2n[nH]nc2C(N)=O)ccc1C#N. The highest BCUT2D eigenvalue weighted by atomic mass is 16.1. The molecule has 84 valence electrons. The van der Waals surface area contributed by atoms with Gasteiger partial charge in [0.1, 0.15) is 5.69 Å². The third kappa shape index (κ3) is 1.86. The first kappa shape index (κ1) is 10.8. The Balaban J connectivity index is 2.55. The third-order valence-electron chi connectivity index (χ3n) is 2.40. The molecule has 0 atom stereocenters. The van der Waals surface area contributed by atoms with Crippen LogP contribution in [-0.2, 0) is 0 Å². The molecule has 0 spiro atoms. The quantitative estimate of drug-likeness (QED) is 0.788. The van der Waals surface area contributed by atoms with E-state index in [9.17, 15) is 4.79 Å². The second-order valence-electron chi connectivity index (χ2n) is 3.53. The number of hydrogen-bond donors (Lipinski definition) is 2. The molecular weight excluding hydrogens is 218 g/mol. The van der Waals surface area contributed by atoms with Gasteiger partial charge in [0.05, 0.1) is 11.6 Å². The Morgan fingerprint density at radius 2 is 2.24 bits per heavy atom. The van der Waals surface area contributed by atoms with Crippen molar-refractivity contribution in [3.63, 3.8) is 0 Å². The van der Waals surface area contributed by atoms with Crippen molar-refractivity contribution in [2.75, 3.05) is 0 Å². The average Bonchev–Trinajstić information content (AvgIpc) is 2.77. The number of primary amides is 1. The van der Waals surface area contributed by atoms with E-state index < -0.39 is 5.91 Å². The number of H-pyrrole nitrogens is 1. The lowest BCUT2D eigenvalue weighted by Crippen LogP contribution is -2.12. The predicted molar refractivity (Wildman–Crippen MR) is 59.8 cm³/mol. The summed E-state index contributed by atoms with van der Waals surface area (Å²) < 4.78 is 0. The number of hydrogen-bond acceptors (Lipinski definition) is 4. The van der Waals surface area contributed by atoms with Crippen LogP contribution in [0.3, 0.4) is 0 Å². The van der Waals surface area contributed by atoms with Gasteiger partial charge in [-0.15, -0.1) is 0 Å². The van der Waals surface area contributed by atoms with Crippen LogP contribution in [0.2, 0.25) is 0 Å². The fourth-order valence-corrected chi connectivity index (χ4v) is 1.54. The molecule has 17 heavy (non-hydrogen) atoms. The normalized spacial score (nSPS) is 9.88. The summed E-state index contributed by atoms with van der Waals surface area (Å²) in [4.78, 5) is 11.1. The molecule has 0 saturated heterocycles. The van der Waals surface area contributed by atoms with Gasteiger partial charge in [-0.3, -0.25) is 4.79 Å². The van der Waals surface area contributed by atoms with Gasteiger partial charge in [0.2, 0.25) is 0 Å². The summed E-state index contributed by atoms with van der Waals surface area (Å²) in [6.07, 6.45) is 0. The lowest BCUT2D eigenvalue weighted by molar-refractivity contribution is 0.0996. The van der Waals surface area contributed by atoms with Crippen LogP contribution in [0.1, 0.15) is 21.6 Å². The van der Waals surface area contributed by atoms with Crippen molar-refractivity contribution in [3.05, 3.63) is 35.0 Å². The molecule has 0 aliphatic carbocycles. The zero-order valence-electron chi connectivity index (χ0n) is 9.06. The molecule has 0 unspecified atom stereocenters. The Morgan fingerprint density at radius 3 is 2.82 bits per heavy atom. The highest BCUT2D eigenvalue weighted by Crippen LogP contribution is 2.22. The second-order valence-corrected chi connectivity index (χ2v) is 3.53. The number of nitrogens with zero attached hydrogens (tertiary/aromatic N) is 3. The van der Waals surface area contributed by atoms with Crippen molar-refractivity contribution in [3.8, 4) is 17.3 Å². The molecule has 6 nitrogen and oxygen atoms in total. The molecule has 0 aliphatic rings. The Bertz CT molecular complexity index is 623. The Hall–Kier alpha value is -2.68. The first-order valence-electron chi connectivity index (χ1n) is 4.85. The maximum Gasteiger partial charge on any atom is 0.271 e. The van der Waals surface area contributed by atoms with Gasteiger partial charge in [0.15, 0.2) is 5.69 Å². The van der Waals surface area contributed by atoms with Crippen molar-refractivity contribution in [1.82, 2.24) is 15.4 Å². The molecule has 1 aromatic heterocycles. The van der Waals surface area contributed by atoms with Crippen LogP contribution in [0, 0.1) is 18.3 Å². The number of rotatable bonds is 2. The van der Waals surface area contributed by atoms with Crippen LogP contribution in [0.15, 0.2) is 18.2 Å². The molecule has 3 N–H and O–H groups in total. The number of nitrogens with two attached hydrogens (primary N) is 1. The minimum Gasteiger partial charge on any atom is -0.364 e. The molecule has 0 bridgehead atoms. The summed E-state index contributed by atoms with van der Waals surface area (Å²) in [5, 5.41) is 18.8. The molecule has 1 amide bonds. The Kier molecular flexibility index (Phi) is 2.58. The monoisotopic (exact) mass is 227 g/mol. The maximum atomic E-state index is 11.1. The van der Waals surface area contributed by atoms with E-state index in [4.69, 9.17) is 11.0 Å². The molecule has 1 aromatic carbocycles. The van der Waals surface area contributed by atoms with Gasteiger partial charge in [-0.05, 0) is 24.6 Å². The molecular formula is C11H9N5O. The summed E-state index contributed by atoms with van der Waals surface area (Å²) in [6.45, 7) is 1.81. The number of aryl methyl sites for hydroxylation is 1. The van der Waals surface area contributed by atoms with Crippen molar-refractivity contribution in [2.24, 2.45) is 5.73 Å². The van der Waals surface area contributed by atoms with Crippen LogP contribution in [0.4, 0.5) is 0 Å². The number of carbonyl (C=O) groups excluding carboxylic acids is 1. The van der Waals surface area contributed by atoms with Crippen molar-refractivity contribution in [1.29, 1.82) is 5.26 Å². The summed E-state index contributed by atoms with van der Waals surface area (Å²) in [5.74, 6) is -0.643. The number of amides is 1. The van der Waals surface area contributed by atoms with E-state index in [1.807, 2.05) is 6.92 Å². The first-order valence-corrected chi connectivity index (χ1v) is 4.85. The smallest absolute Gasteiger partial charge is 0.271 e. The van der Waals surface area contributed by atoms with Crippen LogP contribution in [0.25, 0.3) is 11.3 Å².